The number of unbranched alkanes of at least 4 members (excludes halogenated alkanes) is 3. The Labute approximate surface area is 251 Å². The fraction of sp³-hybridized carbons (Fsp3) is 0.364. The molecule has 2 aromatic carbocycles. The Morgan fingerprint density at radius 1 is 0.930 bits per heavy atom. The van der Waals surface area contributed by atoms with Crippen LogP contribution < -0.4 is 10.6 Å². The van der Waals surface area contributed by atoms with Crippen LogP contribution in [0.25, 0.3) is 0 Å². The van der Waals surface area contributed by atoms with E-state index < -0.39 is 36.0 Å². The highest BCUT2D eigenvalue weighted by molar-refractivity contribution is 6.08. The fourth-order valence-corrected chi connectivity index (χ4v) is 4.90. The SMILES string of the molecule is CCCCCCOC(=O)Nc1cc(CC2C(=O)N(C(=O)N[C@H](C)c3ccccc3)[C@@H]2C(=O)OCc2ccccc2)ccn1. The van der Waals surface area contributed by atoms with Gasteiger partial charge >= 0.3 is 18.1 Å². The van der Waals surface area contributed by atoms with Crippen LogP contribution in [0.2, 0.25) is 0 Å². The summed E-state index contributed by atoms with van der Waals surface area (Å²) in [5.41, 5.74) is 2.30. The fourth-order valence-electron chi connectivity index (χ4n) is 4.90. The van der Waals surface area contributed by atoms with Crippen LogP contribution in [0.4, 0.5) is 15.4 Å². The molecule has 3 aromatic rings. The highest BCUT2D eigenvalue weighted by Gasteiger charge is 2.55. The summed E-state index contributed by atoms with van der Waals surface area (Å²) >= 11 is 0. The molecule has 1 aliphatic heterocycles. The number of anilines is 1. The van der Waals surface area contributed by atoms with Crippen molar-refractivity contribution >= 4 is 29.8 Å². The molecule has 1 unspecified atom stereocenters. The number of carbonyl (C=O) groups excluding carboxylic acids is 4. The molecule has 226 valence electrons. The lowest BCUT2D eigenvalue weighted by atomic mass is 9.82. The van der Waals surface area contributed by atoms with Gasteiger partial charge in [-0.25, -0.2) is 24.3 Å². The maximum absolute atomic E-state index is 13.3. The number of esters is 1. The molecule has 1 aliphatic rings. The number of urea groups is 1. The van der Waals surface area contributed by atoms with E-state index in [0.29, 0.717) is 12.2 Å². The minimum absolute atomic E-state index is 0.0108. The van der Waals surface area contributed by atoms with Gasteiger partial charge in [-0.15, -0.1) is 0 Å². The largest absolute Gasteiger partial charge is 0.459 e. The Kier molecular flexibility index (Phi) is 11.2. The summed E-state index contributed by atoms with van der Waals surface area (Å²) in [6, 6.07) is 19.7. The third-order valence-corrected chi connectivity index (χ3v) is 7.28. The summed E-state index contributed by atoms with van der Waals surface area (Å²) in [4.78, 5) is 57.2. The first kappa shape index (κ1) is 31.2. The lowest BCUT2D eigenvalue weighted by molar-refractivity contribution is -0.170. The maximum Gasteiger partial charge on any atom is 0.412 e. The molecule has 1 aromatic heterocycles. The van der Waals surface area contributed by atoms with Crippen LogP contribution in [0.15, 0.2) is 79.0 Å². The normalized spacial score (nSPS) is 16.5. The topological polar surface area (TPSA) is 127 Å². The average molecular weight is 587 g/mol. The van der Waals surface area contributed by atoms with Gasteiger partial charge in [0.2, 0.25) is 5.91 Å². The van der Waals surface area contributed by atoms with Gasteiger partial charge < -0.3 is 14.8 Å². The number of aromatic nitrogens is 1. The molecule has 4 rings (SSSR count). The number of likely N-dealkylation sites (tertiary alicyclic amines) is 1. The van der Waals surface area contributed by atoms with Crippen molar-refractivity contribution in [2.45, 2.75) is 64.6 Å². The number of rotatable bonds is 13. The van der Waals surface area contributed by atoms with Crippen molar-refractivity contribution in [1.82, 2.24) is 15.2 Å². The van der Waals surface area contributed by atoms with E-state index in [1.165, 1.54) is 6.20 Å². The number of imide groups is 1. The minimum Gasteiger partial charge on any atom is -0.459 e. The summed E-state index contributed by atoms with van der Waals surface area (Å²) in [6.07, 6.45) is 4.98. The highest BCUT2D eigenvalue weighted by Crippen LogP contribution is 2.32. The smallest absolute Gasteiger partial charge is 0.412 e. The number of hydrogen-bond donors (Lipinski definition) is 2. The molecule has 43 heavy (non-hydrogen) atoms. The van der Waals surface area contributed by atoms with E-state index >= 15 is 0 Å². The van der Waals surface area contributed by atoms with Crippen LogP contribution in [-0.4, -0.2) is 46.5 Å². The molecule has 1 saturated heterocycles. The van der Waals surface area contributed by atoms with E-state index in [2.05, 4.69) is 22.5 Å². The van der Waals surface area contributed by atoms with E-state index in [4.69, 9.17) is 9.47 Å². The lowest BCUT2D eigenvalue weighted by Gasteiger charge is -2.44. The van der Waals surface area contributed by atoms with E-state index in [9.17, 15) is 19.2 Å². The first-order valence-corrected chi connectivity index (χ1v) is 14.6. The number of β-lactam (4-membered cyclic amide) rings is 1. The van der Waals surface area contributed by atoms with Gasteiger partial charge in [-0.3, -0.25) is 10.1 Å². The van der Waals surface area contributed by atoms with E-state index in [1.807, 2.05) is 60.7 Å². The number of carbonyl (C=O) groups is 4. The Morgan fingerprint density at radius 2 is 1.65 bits per heavy atom. The van der Waals surface area contributed by atoms with Crippen molar-refractivity contribution in [3.8, 4) is 0 Å². The predicted octanol–water partition coefficient (Wildman–Crippen LogP) is 5.79. The van der Waals surface area contributed by atoms with Gasteiger partial charge in [0.25, 0.3) is 0 Å². The van der Waals surface area contributed by atoms with Gasteiger partial charge in [0.1, 0.15) is 12.4 Å². The summed E-state index contributed by atoms with van der Waals surface area (Å²) < 4.78 is 10.8. The third-order valence-electron chi connectivity index (χ3n) is 7.28. The first-order chi connectivity index (χ1) is 20.9. The zero-order valence-corrected chi connectivity index (χ0v) is 24.5. The molecule has 0 bridgehead atoms. The summed E-state index contributed by atoms with van der Waals surface area (Å²) in [5, 5.41) is 5.42. The number of amides is 4. The van der Waals surface area contributed by atoms with Crippen LogP contribution in [-0.2, 0) is 32.1 Å². The second-order valence-corrected chi connectivity index (χ2v) is 10.5. The van der Waals surface area contributed by atoms with Crippen molar-refractivity contribution in [2.75, 3.05) is 11.9 Å². The van der Waals surface area contributed by atoms with Crippen LogP contribution in [0, 0.1) is 5.92 Å². The molecule has 3 atom stereocenters. The zero-order valence-electron chi connectivity index (χ0n) is 24.5. The molecule has 0 spiro atoms. The average Bonchev–Trinajstić information content (AvgIpc) is 3.02. The van der Waals surface area contributed by atoms with Crippen molar-refractivity contribution < 1.29 is 28.7 Å². The quantitative estimate of drug-likeness (QED) is 0.147. The summed E-state index contributed by atoms with van der Waals surface area (Å²) in [6.45, 7) is 4.24. The predicted molar refractivity (Wildman–Crippen MR) is 161 cm³/mol. The summed E-state index contributed by atoms with van der Waals surface area (Å²) in [7, 11) is 0. The first-order valence-electron chi connectivity index (χ1n) is 14.6. The Balaban J connectivity index is 1.43. The standard InChI is InChI=1S/C33H38N4O6/c1-3-4-5-12-19-42-33(41)36-28-21-25(17-18-34-28)20-27-29(31(39)43-22-24-13-8-6-9-14-24)37(30(27)38)32(40)35-23(2)26-15-10-7-11-16-26/h6-11,13-18,21,23,27,29H,3-5,12,19-20,22H2,1-2H3,(H,35,40)(H,34,36,41)/t23-,27?,29+/m1/s1. The second kappa shape index (κ2) is 15.5. The number of nitrogens with one attached hydrogen (secondary N) is 2. The molecular formula is C33H38N4O6. The molecule has 0 saturated carbocycles. The van der Waals surface area contributed by atoms with Gasteiger partial charge in [0.15, 0.2) is 6.04 Å². The van der Waals surface area contributed by atoms with Crippen molar-refractivity contribution in [2.24, 2.45) is 5.92 Å². The molecule has 10 nitrogen and oxygen atoms in total. The van der Waals surface area contributed by atoms with Gasteiger partial charge in [0.05, 0.1) is 18.6 Å². The number of nitrogens with zero attached hydrogens (tertiary/aromatic N) is 2. The Morgan fingerprint density at radius 3 is 2.37 bits per heavy atom. The number of benzene rings is 2. The van der Waals surface area contributed by atoms with Crippen molar-refractivity contribution in [3.63, 3.8) is 0 Å². The van der Waals surface area contributed by atoms with E-state index in [-0.39, 0.29) is 24.9 Å². The molecular weight excluding hydrogens is 548 g/mol. The van der Waals surface area contributed by atoms with Gasteiger partial charge in [0, 0.05) is 6.20 Å². The molecule has 2 heterocycles. The van der Waals surface area contributed by atoms with Crippen molar-refractivity contribution in [1.29, 1.82) is 0 Å². The van der Waals surface area contributed by atoms with Gasteiger partial charge in [-0.1, -0.05) is 86.8 Å². The number of hydrogen-bond acceptors (Lipinski definition) is 7. The third kappa shape index (κ3) is 8.64. The maximum atomic E-state index is 13.3. The molecule has 1 fully saturated rings. The molecule has 2 N–H and O–H groups in total. The highest BCUT2D eigenvalue weighted by atomic mass is 16.5. The van der Waals surface area contributed by atoms with Crippen molar-refractivity contribution in [3.05, 3.63) is 95.7 Å². The van der Waals surface area contributed by atoms with Crippen LogP contribution in [0.1, 0.15) is 62.3 Å². The Bertz CT molecular complexity index is 1380. The lowest BCUT2D eigenvalue weighted by Crippen LogP contribution is -2.69. The van der Waals surface area contributed by atoms with Gasteiger partial charge in [-0.05, 0) is 48.6 Å². The van der Waals surface area contributed by atoms with E-state index in [0.717, 1.165) is 41.7 Å². The molecule has 0 radical (unpaired) electrons. The molecule has 0 aliphatic carbocycles. The molecule has 4 amide bonds. The van der Waals surface area contributed by atoms with Crippen LogP contribution in [0.5, 0.6) is 0 Å². The molecule has 10 heteroatoms. The minimum atomic E-state index is -1.11. The monoisotopic (exact) mass is 586 g/mol. The number of ether oxygens (including phenoxy) is 2. The van der Waals surface area contributed by atoms with E-state index in [1.54, 1.807) is 19.1 Å². The van der Waals surface area contributed by atoms with Gasteiger partial charge in [-0.2, -0.15) is 0 Å². The number of pyridine rings is 1. The van der Waals surface area contributed by atoms with Crippen LogP contribution >= 0.6 is 0 Å². The Hall–Kier alpha value is -4.73. The second-order valence-electron chi connectivity index (χ2n) is 10.5. The summed E-state index contributed by atoms with van der Waals surface area (Å²) in [5.74, 6) is -1.73. The van der Waals surface area contributed by atoms with Crippen LogP contribution in [0.3, 0.4) is 0 Å². The zero-order chi connectivity index (χ0) is 30.6.